The van der Waals surface area contributed by atoms with Crippen molar-refractivity contribution in [2.24, 2.45) is 0 Å². The Bertz CT molecular complexity index is 980. The number of carbonyl (C=O) groups excluding carboxylic acids is 1. The van der Waals surface area contributed by atoms with Gasteiger partial charge in [0.15, 0.2) is 9.84 Å². The fourth-order valence-electron chi connectivity index (χ4n) is 4.06. The number of fused-ring (bicyclic) bond motifs is 1. The van der Waals surface area contributed by atoms with Gasteiger partial charge in [-0.1, -0.05) is 28.1 Å². The van der Waals surface area contributed by atoms with E-state index in [0.29, 0.717) is 13.0 Å². The molecule has 28 heavy (non-hydrogen) atoms. The SMILES string of the molecule is O=C1CN(CCc2ccc(F)cc2)[C@@H]2CS(=O)(=O)C[C@@H]2N1c1ccc(Br)cc1. The van der Waals surface area contributed by atoms with Gasteiger partial charge in [0, 0.05) is 22.7 Å². The second-order valence-electron chi connectivity index (χ2n) is 7.30. The maximum Gasteiger partial charge on any atom is 0.241 e. The first kappa shape index (κ1) is 19.5. The van der Waals surface area contributed by atoms with Crippen molar-refractivity contribution in [3.05, 3.63) is 64.4 Å². The van der Waals surface area contributed by atoms with Crippen LogP contribution < -0.4 is 4.90 Å². The van der Waals surface area contributed by atoms with E-state index in [1.807, 2.05) is 29.2 Å². The number of carbonyl (C=O) groups is 1. The van der Waals surface area contributed by atoms with Crippen LogP contribution in [0.2, 0.25) is 0 Å². The molecule has 0 radical (unpaired) electrons. The van der Waals surface area contributed by atoms with Crippen LogP contribution in [-0.4, -0.2) is 55.9 Å². The highest BCUT2D eigenvalue weighted by molar-refractivity contribution is 9.10. The zero-order valence-electron chi connectivity index (χ0n) is 15.1. The number of hydrogen-bond donors (Lipinski definition) is 0. The van der Waals surface area contributed by atoms with Crippen molar-refractivity contribution in [1.82, 2.24) is 4.90 Å². The predicted octanol–water partition coefficient (Wildman–Crippen LogP) is 2.65. The third-order valence-corrected chi connectivity index (χ3v) is 7.63. The molecule has 2 heterocycles. The van der Waals surface area contributed by atoms with Gasteiger partial charge in [0.1, 0.15) is 5.82 Å². The molecule has 0 saturated carbocycles. The van der Waals surface area contributed by atoms with Crippen LogP contribution in [-0.2, 0) is 21.1 Å². The zero-order valence-corrected chi connectivity index (χ0v) is 17.5. The minimum atomic E-state index is -3.22. The van der Waals surface area contributed by atoms with Gasteiger partial charge in [-0.05, 0) is 48.4 Å². The van der Waals surface area contributed by atoms with E-state index < -0.39 is 9.84 Å². The fraction of sp³-hybridized carbons (Fsp3) is 0.350. The third-order valence-electron chi connectivity index (χ3n) is 5.41. The average molecular weight is 467 g/mol. The second-order valence-corrected chi connectivity index (χ2v) is 10.4. The first-order chi connectivity index (χ1) is 13.3. The summed E-state index contributed by atoms with van der Waals surface area (Å²) < 4.78 is 38.7. The van der Waals surface area contributed by atoms with E-state index in [-0.39, 0.29) is 41.9 Å². The van der Waals surface area contributed by atoms with E-state index >= 15 is 0 Å². The molecule has 1 amide bonds. The lowest BCUT2D eigenvalue weighted by Crippen LogP contribution is -2.62. The highest BCUT2D eigenvalue weighted by Gasteiger charge is 2.49. The quantitative estimate of drug-likeness (QED) is 0.694. The van der Waals surface area contributed by atoms with Crippen LogP contribution in [0, 0.1) is 5.82 Å². The molecule has 0 bridgehead atoms. The Balaban J connectivity index is 1.57. The van der Waals surface area contributed by atoms with Crippen LogP contribution in [0.1, 0.15) is 5.56 Å². The minimum Gasteiger partial charge on any atom is -0.306 e. The molecule has 2 aliphatic heterocycles. The molecule has 5 nitrogen and oxygen atoms in total. The summed E-state index contributed by atoms with van der Waals surface area (Å²) in [6.07, 6.45) is 0.634. The normalized spacial score (nSPS) is 24.4. The fourth-order valence-corrected chi connectivity index (χ4v) is 6.31. The highest BCUT2D eigenvalue weighted by atomic mass is 79.9. The molecule has 2 atom stereocenters. The van der Waals surface area contributed by atoms with Crippen molar-refractivity contribution < 1.29 is 17.6 Å². The Kier molecular flexibility index (Phi) is 5.28. The summed E-state index contributed by atoms with van der Waals surface area (Å²) in [5.74, 6) is -0.350. The molecule has 0 unspecified atom stereocenters. The number of nitrogens with zero attached hydrogens (tertiary/aromatic N) is 2. The molecule has 0 spiro atoms. The van der Waals surface area contributed by atoms with Crippen molar-refractivity contribution in [1.29, 1.82) is 0 Å². The zero-order chi connectivity index (χ0) is 19.9. The lowest BCUT2D eigenvalue weighted by molar-refractivity contribution is -0.123. The molecule has 0 aliphatic carbocycles. The van der Waals surface area contributed by atoms with Crippen LogP contribution >= 0.6 is 15.9 Å². The largest absolute Gasteiger partial charge is 0.306 e. The van der Waals surface area contributed by atoms with Crippen LogP contribution in [0.3, 0.4) is 0 Å². The van der Waals surface area contributed by atoms with Gasteiger partial charge < -0.3 is 4.90 Å². The molecule has 0 N–H and O–H groups in total. The van der Waals surface area contributed by atoms with Gasteiger partial charge in [-0.2, -0.15) is 0 Å². The Morgan fingerprint density at radius 3 is 2.32 bits per heavy atom. The second kappa shape index (κ2) is 7.57. The Hall–Kier alpha value is -1.77. The highest BCUT2D eigenvalue weighted by Crippen LogP contribution is 2.32. The minimum absolute atomic E-state index is 0.0213. The van der Waals surface area contributed by atoms with Gasteiger partial charge in [0.2, 0.25) is 5.91 Å². The molecule has 2 fully saturated rings. The molecular formula is C20H20BrFN2O3S. The van der Waals surface area contributed by atoms with E-state index in [1.165, 1.54) is 12.1 Å². The van der Waals surface area contributed by atoms with Crippen molar-refractivity contribution in [2.75, 3.05) is 29.5 Å². The number of halogens is 2. The lowest BCUT2D eigenvalue weighted by atomic mass is 10.0. The molecule has 148 valence electrons. The number of anilines is 1. The van der Waals surface area contributed by atoms with E-state index in [1.54, 1.807) is 17.0 Å². The van der Waals surface area contributed by atoms with E-state index in [0.717, 1.165) is 15.7 Å². The number of sulfone groups is 1. The monoisotopic (exact) mass is 466 g/mol. The predicted molar refractivity (Wildman–Crippen MR) is 110 cm³/mol. The molecule has 4 rings (SSSR count). The number of amides is 1. The van der Waals surface area contributed by atoms with Gasteiger partial charge >= 0.3 is 0 Å². The summed E-state index contributed by atoms with van der Waals surface area (Å²) in [5.41, 5.74) is 1.68. The summed E-state index contributed by atoms with van der Waals surface area (Å²) in [7, 11) is -3.22. The Morgan fingerprint density at radius 2 is 1.64 bits per heavy atom. The molecule has 2 aromatic rings. The maximum atomic E-state index is 13.1. The summed E-state index contributed by atoms with van der Waals surface area (Å²) in [6, 6.07) is 13.0. The van der Waals surface area contributed by atoms with Gasteiger partial charge in [-0.25, -0.2) is 12.8 Å². The number of hydrogen-bond acceptors (Lipinski definition) is 4. The first-order valence-electron chi connectivity index (χ1n) is 9.09. The summed E-state index contributed by atoms with van der Waals surface area (Å²) >= 11 is 3.38. The average Bonchev–Trinajstić information content (AvgIpc) is 2.97. The molecule has 2 aliphatic rings. The maximum absolute atomic E-state index is 13.1. The van der Waals surface area contributed by atoms with Crippen LogP contribution in [0.5, 0.6) is 0 Å². The first-order valence-corrected chi connectivity index (χ1v) is 11.7. The van der Waals surface area contributed by atoms with Crippen LogP contribution in [0.15, 0.2) is 53.0 Å². The molecule has 2 saturated heterocycles. The molecule has 0 aromatic heterocycles. The van der Waals surface area contributed by atoms with Crippen molar-refractivity contribution in [2.45, 2.75) is 18.5 Å². The molecule has 2 aromatic carbocycles. The molecular weight excluding hydrogens is 447 g/mol. The summed E-state index contributed by atoms with van der Waals surface area (Å²) in [6.45, 7) is 0.732. The third kappa shape index (κ3) is 3.99. The Morgan fingerprint density at radius 1 is 1.00 bits per heavy atom. The standard InChI is InChI=1S/C20H20BrFN2O3S/c21-15-3-7-17(8-4-15)24-19-13-28(26,27)12-18(19)23(11-20(24)25)10-9-14-1-5-16(22)6-2-14/h1-8,18-19H,9-13H2/t18-,19+/m1/s1. The van der Waals surface area contributed by atoms with Crippen molar-refractivity contribution in [3.63, 3.8) is 0 Å². The van der Waals surface area contributed by atoms with Gasteiger partial charge in [-0.3, -0.25) is 9.69 Å². The summed E-state index contributed by atoms with van der Waals surface area (Å²) in [4.78, 5) is 16.5. The molecule has 8 heteroatoms. The smallest absolute Gasteiger partial charge is 0.241 e. The summed E-state index contributed by atoms with van der Waals surface area (Å²) in [5, 5.41) is 0. The Labute approximate surface area is 172 Å². The number of piperazine rings is 1. The van der Waals surface area contributed by atoms with Gasteiger partial charge in [0.05, 0.1) is 24.1 Å². The van der Waals surface area contributed by atoms with Crippen LogP contribution in [0.25, 0.3) is 0 Å². The number of benzene rings is 2. The van der Waals surface area contributed by atoms with Crippen molar-refractivity contribution >= 4 is 37.4 Å². The van der Waals surface area contributed by atoms with Gasteiger partial charge in [0.25, 0.3) is 0 Å². The van der Waals surface area contributed by atoms with Crippen LogP contribution in [0.4, 0.5) is 10.1 Å². The number of rotatable bonds is 4. The van der Waals surface area contributed by atoms with E-state index in [2.05, 4.69) is 15.9 Å². The van der Waals surface area contributed by atoms with Crippen molar-refractivity contribution in [3.8, 4) is 0 Å². The van der Waals surface area contributed by atoms with E-state index in [9.17, 15) is 17.6 Å². The topological polar surface area (TPSA) is 57.7 Å². The lowest BCUT2D eigenvalue weighted by Gasteiger charge is -2.43. The van der Waals surface area contributed by atoms with E-state index in [4.69, 9.17) is 0 Å². The van der Waals surface area contributed by atoms with Gasteiger partial charge in [-0.15, -0.1) is 0 Å².